The number of hydrogen-bond donors (Lipinski definition) is 2. The van der Waals surface area contributed by atoms with E-state index in [1.807, 2.05) is 42.9 Å². The number of carbonyl (C=O) groups is 1. The molecule has 3 aromatic rings. The molecule has 0 saturated carbocycles. The number of nitrogens with one attached hydrogen (secondary N) is 2. The number of H-pyrrole nitrogens is 1. The maximum Gasteiger partial charge on any atom is 0.449 e. The summed E-state index contributed by atoms with van der Waals surface area (Å²) in [4.78, 5) is 18.5. The first-order chi connectivity index (χ1) is 12.2. The van der Waals surface area contributed by atoms with Crippen molar-refractivity contribution in [1.82, 2.24) is 14.5 Å². The summed E-state index contributed by atoms with van der Waals surface area (Å²) < 4.78 is 40.1. The number of carbonyl (C=O) groups excluding carboxylic acids is 1. The van der Waals surface area contributed by atoms with Crippen LogP contribution < -0.4 is 5.32 Å². The second kappa shape index (κ2) is 6.86. The van der Waals surface area contributed by atoms with Gasteiger partial charge in [-0.25, -0.2) is 4.98 Å². The Kier molecular flexibility index (Phi) is 4.76. The summed E-state index contributed by atoms with van der Waals surface area (Å²) >= 11 is 0. The van der Waals surface area contributed by atoms with Crippen molar-refractivity contribution in [2.24, 2.45) is 5.92 Å². The van der Waals surface area contributed by atoms with Crippen molar-refractivity contribution in [3.8, 4) is 0 Å². The maximum absolute atomic E-state index is 12.8. The average Bonchev–Trinajstić information content (AvgIpc) is 3.20. The van der Waals surface area contributed by atoms with Gasteiger partial charge < -0.3 is 14.9 Å². The minimum atomic E-state index is -4.54. The van der Waals surface area contributed by atoms with Gasteiger partial charge in [0.25, 0.3) is 0 Å². The van der Waals surface area contributed by atoms with Crippen molar-refractivity contribution in [2.45, 2.75) is 32.5 Å². The van der Waals surface area contributed by atoms with Gasteiger partial charge in [-0.3, -0.25) is 4.79 Å². The van der Waals surface area contributed by atoms with Crippen LogP contribution in [0.1, 0.15) is 32.1 Å². The van der Waals surface area contributed by atoms with Gasteiger partial charge in [0.05, 0.1) is 11.0 Å². The minimum Gasteiger partial charge on any atom is -0.342 e. The molecule has 2 N–H and O–H groups in total. The molecule has 1 unspecified atom stereocenters. The number of benzene rings is 1. The van der Waals surface area contributed by atoms with Crippen LogP contribution in [0.4, 0.5) is 18.9 Å². The molecular formula is C18H19F3N4O. The molecule has 26 heavy (non-hydrogen) atoms. The van der Waals surface area contributed by atoms with Crippen LogP contribution in [-0.2, 0) is 11.0 Å². The largest absolute Gasteiger partial charge is 0.449 e. The number of alkyl halides is 3. The third-order valence-electron chi connectivity index (χ3n) is 4.00. The van der Waals surface area contributed by atoms with Gasteiger partial charge in [0.2, 0.25) is 11.7 Å². The molecule has 1 aromatic carbocycles. The molecular weight excluding hydrogens is 345 g/mol. The van der Waals surface area contributed by atoms with Gasteiger partial charge in [0.15, 0.2) is 0 Å². The zero-order valence-corrected chi connectivity index (χ0v) is 14.3. The van der Waals surface area contributed by atoms with E-state index in [2.05, 4.69) is 15.3 Å². The SMILES string of the molecule is CC(C)CC(C(=O)Nc1ccc2nc(C(F)(F)F)[nH]c2c1)n1cccc1. The number of imidazole rings is 1. The molecule has 0 aliphatic carbocycles. The molecule has 138 valence electrons. The summed E-state index contributed by atoms with van der Waals surface area (Å²) in [6.45, 7) is 4.05. The number of halogens is 3. The molecule has 3 rings (SSSR count). The van der Waals surface area contributed by atoms with E-state index in [4.69, 9.17) is 0 Å². The molecule has 5 nitrogen and oxygen atoms in total. The fraction of sp³-hybridized carbons (Fsp3) is 0.333. The molecule has 8 heteroatoms. The highest BCUT2D eigenvalue weighted by atomic mass is 19.4. The zero-order chi connectivity index (χ0) is 18.9. The summed E-state index contributed by atoms with van der Waals surface area (Å²) in [6.07, 6.45) is -0.259. The van der Waals surface area contributed by atoms with Crippen LogP contribution >= 0.6 is 0 Å². The van der Waals surface area contributed by atoms with E-state index in [9.17, 15) is 18.0 Å². The number of anilines is 1. The average molecular weight is 364 g/mol. The summed E-state index contributed by atoms with van der Waals surface area (Å²) in [5, 5.41) is 2.79. The lowest BCUT2D eigenvalue weighted by Crippen LogP contribution is -2.26. The Morgan fingerprint density at radius 3 is 2.58 bits per heavy atom. The molecule has 0 aliphatic rings. The molecule has 0 saturated heterocycles. The van der Waals surface area contributed by atoms with Gasteiger partial charge in [-0.15, -0.1) is 0 Å². The van der Waals surface area contributed by atoms with Gasteiger partial charge in [-0.2, -0.15) is 13.2 Å². The van der Waals surface area contributed by atoms with Gasteiger partial charge in [0, 0.05) is 18.1 Å². The van der Waals surface area contributed by atoms with Crippen molar-refractivity contribution in [3.05, 3.63) is 48.5 Å². The number of hydrogen-bond acceptors (Lipinski definition) is 2. The standard InChI is InChI=1S/C18H19F3N4O/c1-11(2)9-15(25-7-3-4-8-25)16(26)22-12-5-6-13-14(10-12)24-17(23-13)18(19,20)21/h3-8,10-11,15H,9H2,1-2H3,(H,22,26)(H,23,24). The van der Waals surface area contributed by atoms with E-state index in [1.54, 1.807) is 6.07 Å². The Balaban J connectivity index is 1.83. The number of amides is 1. The smallest absolute Gasteiger partial charge is 0.342 e. The summed E-state index contributed by atoms with van der Waals surface area (Å²) in [6, 6.07) is 7.74. The van der Waals surface area contributed by atoms with E-state index in [0.29, 0.717) is 18.0 Å². The predicted octanol–water partition coefficient (Wildman–Crippen LogP) is 4.61. The second-order valence-electron chi connectivity index (χ2n) is 6.58. The van der Waals surface area contributed by atoms with Crippen LogP contribution in [0.25, 0.3) is 11.0 Å². The third kappa shape index (κ3) is 3.89. The van der Waals surface area contributed by atoms with E-state index in [0.717, 1.165) is 0 Å². The number of nitrogens with zero attached hydrogens (tertiary/aromatic N) is 2. The lowest BCUT2D eigenvalue weighted by molar-refractivity contribution is -0.144. The van der Waals surface area contributed by atoms with Crippen LogP contribution in [0, 0.1) is 5.92 Å². The fourth-order valence-corrected chi connectivity index (χ4v) is 2.81. The van der Waals surface area contributed by atoms with Crippen molar-refractivity contribution in [3.63, 3.8) is 0 Å². The lowest BCUT2D eigenvalue weighted by Gasteiger charge is -2.20. The third-order valence-corrected chi connectivity index (χ3v) is 4.00. The van der Waals surface area contributed by atoms with Crippen molar-refractivity contribution < 1.29 is 18.0 Å². The Morgan fingerprint density at radius 1 is 1.27 bits per heavy atom. The van der Waals surface area contributed by atoms with E-state index >= 15 is 0 Å². The van der Waals surface area contributed by atoms with E-state index < -0.39 is 18.0 Å². The van der Waals surface area contributed by atoms with E-state index in [1.165, 1.54) is 12.1 Å². The van der Waals surface area contributed by atoms with Crippen LogP contribution in [0.2, 0.25) is 0 Å². The van der Waals surface area contributed by atoms with Crippen LogP contribution in [0.3, 0.4) is 0 Å². The number of fused-ring (bicyclic) bond motifs is 1. The van der Waals surface area contributed by atoms with Crippen LogP contribution in [0.5, 0.6) is 0 Å². The van der Waals surface area contributed by atoms with Crippen LogP contribution in [-0.4, -0.2) is 20.4 Å². The fourth-order valence-electron chi connectivity index (χ4n) is 2.81. The maximum atomic E-state index is 12.8. The quantitative estimate of drug-likeness (QED) is 0.694. The Bertz CT molecular complexity index is 897. The monoisotopic (exact) mass is 364 g/mol. The van der Waals surface area contributed by atoms with Gasteiger partial charge in [-0.1, -0.05) is 13.8 Å². The Hall–Kier alpha value is -2.77. The highest BCUT2D eigenvalue weighted by Crippen LogP contribution is 2.29. The molecule has 1 amide bonds. The topological polar surface area (TPSA) is 62.7 Å². The number of rotatable bonds is 5. The zero-order valence-electron chi connectivity index (χ0n) is 14.3. The second-order valence-corrected chi connectivity index (χ2v) is 6.58. The molecule has 0 spiro atoms. The van der Waals surface area contributed by atoms with Crippen LogP contribution in [0.15, 0.2) is 42.7 Å². The van der Waals surface area contributed by atoms with E-state index in [-0.39, 0.29) is 16.9 Å². The van der Waals surface area contributed by atoms with Gasteiger partial charge >= 0.3 is 6.18 Å². The highest BCUT2D eigenvalue weighted by molar-refractivity contribution is 5.95. The molecule has 1 atom stereocenters. The molecule has 2 aromatic heterocycles. The predicted molar refractivity (Wildman–Crippen MR) is 92.6 cm³/mol. The molecule has 2 heterocycles. The first-order valence-electron chi connectivity index (χ1n) is 8.24. The molecule has 0 bridgehead atoms. The molecule has 0 aliphatic heterocycles. The first-order valence-corrected chi connectivity index (χ1v) is 8.24. The first kappa shape index (κ1) is 18.0. The summed E-state index contributed by atoms with van der Waals surface area (Å²) in [5.74, 6) is -0.969. The highest BCUT2D eigenvalue weighted by Gasteiger charge is 2.34. The van der Waals surface area contributed by atoms with Crippen molar-refractivity contribution in [1.29, 1.82) is 0 Å². The van der Waals surface area contributed by atoms with Crippen molar-refractivity contribution in [2.75, 3.05) is 5.32 Å². The van der Waals surface area contributed by atoms with Gasteiger partial charge in [0.1, 0.15) is 6.04 Å². The Morgan fingerprint density at radius 2 is 1.96 bits per heavy atom. The number of aromatic nitrogens is 3. The molecule has 0 fully saturated rings. The van der Waals surface area contributed by atoms with Crippen molar-refractivity contribution >= 4 is 22.6 Å². The Labute approximate surface area is 148 Å². The normalized spacial score (nSPS) is 13.3. The molecule has 0 radical (unpaired) electrons. The minimum absolute atomic E-state index is 0.194. The summed E-state index contributed by atoms with van der Waals surface area (Å²) in [7, 11) is 0. The number of aromatic amines is 1. The summed E-state index contributed by atoms with van der Waals surface area (Å²) in [5.41, 5.74) is 0.830. The van der Waals surface area contributed by atoms with Gasteiger partial charge in [-0.05, 0) is 42.7 Å². The lowest BCUT2D eigenvalue weighted by atomic mass is 10.0.